The topological polar surface area (TPSA) is 22.9 Å². The molecule has 2 aromatic heterocycles. The SMILES string of the molecule is Cc1cc2c3c(c1)N(c1ccc(C(C)(C)C)cc1)c1c(sc4cc5c(cc14)C(C)(C)CCC5(C)C)B3c1ccc(N(c3ccccc3)c3cccc4c3oc3ccccc34)cc1N2c1ccc2c(c1)C1(CCCC1)c1ccccc1-2. The molecule has 3 aliphatic carbocycles. The first-order chi connectivity index (χ1) is 38.7. The van der Waals surface area contributed by atoms with Crippen LogP contribution in [-0.4, -0.2) is 6.71 Å². The smallest absolute Gasteiger partial charge is 0.264 e. The lowest BCUT2D eigenvalue weighted by atomic mass is 9.36. The summed E-state index contributed by atoms with van der Waals surface area (Å²) >= 11 is 2.03. The number of nitrogens with zero attached hydrogens (tertiary/aromatic N) is 3. The van der Waals surface area contributed by atoms with Crippen molar-refractivity contribution >= 4 is 117 Å². The van der Waals surface area contributed by atoms with Gasteiger partial charge in [0, 0.05) is 70.9 Å². The first-order valence-corrected chi connectivity index (χ1v) is 30.1. The molecule has 0 N–H and O–H groups in total. The summed E-state index contributed by atoms with van der Waals surface area (Å²) < 4.78 is 9.66. The molecule has 1 saturated carbocycles. The second-order valence-corrected chi connectivity index (χ2v) is 27.4. The van der Waals surface area contributed by atoms with E-state index in [9.17, 15) is 0 Å². The Kier molecular flexibility index (Phi) is 10.2. The van der Waals surface area contributed by atoms with Crippen LogP contribution in [0.5, 0.6) is 0 Å². The monoisotopic (exact) mass is 1060 g/mol. The number of para-hydroxylation sites is 3. The van der Waals surface area contributed by atoms with Crippen LogP contribution in [0, 0.1) is 6.92 Å². The van der Waals surface area contributed by atoms with Crippen LogP contribution in [0.3, 0.4) is 0 Å². The van der Waals surface area contributed by atoms with E-state index in [0.29, 0.717) is 0 Å². The van der Waals surface area contributed by atoms with Crippen molar-refractivity contribution in [3.8, 4) is 11.1 Å². The Morgan fingerprint density at radius 3 is 1.99 bits per heavy atom. The molecule has 0 atom stereocenters. The van der Waals surface area contributed by atoms with E-state index >= 15 is 0 Å². The largest absolute Gasteiger partial charge is 0.454 e. The van der Waals surface area contributed by atoms with Gasteiger partial charge in [0.05, 0.1) is 11.4 Å². The van der Waals surface area contributed by atoms with Gasteiger partial charge in [0.15, 0.2) is 5.58 Å². The van der Waals surface area contributed by atoms with Crippen molar-refractivity contribution in [2.45, 2.75) is 116 Å². The van der Waals surface area contributed by atoms with Gasteiger partial charge in [-0.3, -0.25) is 0 Å². The summed E-state index contributed by atoms with van der Waals surface area (Å²) in [7, 11) is 0. The van der Waals surface area contributed by atoms with Crippen molar-refractivity contribution in [2.24, 2.45) is 0 Å². The van der Waals surface area contributed by atoms with Crippen LogP contribution in [0.1, 0.15) is 120 Å². The lowest BCUT2D eigenvalue weighted by Crippen LogP contribution is -2.60. The van der Waals surface area contributed by atoms with Crippen LogP contribution in [0.15, 0.2) is 186 Å². The van der Waals surface area contributed by atoms with Crippen molar-refractivity contribution in [3.63, 3.8) is 0 Å². The van der Waals surface area contributed by atoms with Gasteiger partial charge in [-0.05, 0) is 189 Å². The highest BCUT2D eigenvalue weighted by Gasteiger charge is 2.49. The number of fused-ring (bicyclic) bond motifs is 15. The molecule has 0 saturated heterocycles. The summed E-state index contributed by atoms with van der Waals surface area (Å²) in [6.45, 7) is 19.1. The number of anilines is 9. The van der Waals surface area contributed by atoms with E-state index in [1.165, 1.54) is 143 Å². The minimum atomic E-state index is -0.0275. The molecule has 11 aromatic rings. The van der Waals surface area contributed by atoms with Gasteiger partial charge in [0.25, 0.3) is 6.71 Å². The standard InChI is InChI=1S/C74H66BN3OS/c1-45-39-63-67-64(40-45)78(48-29-27-46(28-30-48)71(2,3)4)68-55-43-58-59(73(7,8)38-37-72(58,5)6)44-66(55)80-70(68)75(67)60-34-32-50(76(47-19-10-9-11-20-47)61-25-18-23-54-53-22-13-15-26-65(53)79-69(54)61)42-62(60)77(63)49-31-33-52-51-21-12-14-24-56(51)74(57(52)41-49)35-16-17-36-74/h9-15,18-34,39-44H,16-17,35-38H2,1-8H3. The van der Waals surface area contributed by atoms with Gasteiger partial charge < -0.3 is 19.1 Å². The zero-order valence-corrected chi connectivity index (χ0v) is 48.1. The normalized spacial score (nSPS) is 16.9. The number of benzene rings is 9. The molecule has 4 nitrogen and oxygen atoms in total. The lowest BCUT2D eigenvalue weighted by Gasteiger charge is -2.44. The quantitative estimate of drug-likeness (QED) is 0.160. The van der Waals surface area contributed by atoms with Gasteiger partial charge in [-0.1, -0.05) is 158 Å². The summed E-state index contributed by atoms with van der Waals surface area (Å²) in [5.74, 6) is 0. The van der Waals surface area contributed by atoms with E-state index in [1.807, 2.05) is 11.3 Å². The zero-order valence-electron chi connectivity index (χ0n) is 47.3. The van der Waals surface area contributed by atoms with Gasteiger partial charge in [-0.25, -0.2) is 0 Å². The maximum absolute atomic E-state index is 6.89. The number of aryl methyl sites for hydroxylation is 1. The fourth-order valence-corrected chi connectivity index (χ4v) is 16.8. The molecule has 1 spiro atoms. The molecule has 0 amide bonds. The molecule has 0 radical (unpaired) electrons. The van der Waals surface area contributed by atoms with Crippen molar-refractivity contribution in [1.29, 1.82) is 0 Å². The molecule has 6 heteroatoms. The van der Waals surface area contributed by atoms with E-state index < -0.39 is 0 Å². The molecule has 9 aromatic carbocycles. The molecule has 392 valence electrons. The summed E-state index contributed by atoms with van der Waals surface area (Å²) in [6, 6.07) is 70.0. The zero-order chi connectivity index (χ0) is 54.2. The van der Waals surface area contributed by atoms with E-state index in [2.05, 4.69) is 252 Å². The first-order valence-electron chi connectivity index (χ1n) is 29.3. The van der Waals surface area contributed by atoms with E-state index in [-0.39, 0.29) is 28.4 Å². The maximum atomic E-state index is 6.89. The maximum Gasteiger partial charge on any atom is 0.264 e. The van der Waals surface area contributed by atoms with Gasteiger partial charge in [0.2, 0.25) is 0 Å². The number of rotatable bonds is 5. The lowest BCUT2D eigenvalue weighted by molar-refractivity contribution is 0.332. The van der Waals surface area contributed by atoms with Crippen LogP contribution in [-0.2, 0) is 21.7 Å². The molecule has 5 aliphatic rings. The molecule has 0 bridgehead atoms. The highest BCUT2D eigenvalue weighted by atomic mass is 32.1. The Morgan fingerprint density at radius 2 is 1.21 bits per heavy atom. The fraction of sp³-hybridized carbons (Fsp3) is 0.243. The third-order valence-electron chi connectivity index (χ3n) is 19.6. The second kappa shape index (κ2) is 16.9. The molecular formula is C74H66BN3OS. The highest BCUT2D eigenvalue weighted by Crippen LogP contribution is 2.59. The van der Waals surface area contributed by atoms with Gasteiger partial charge >= 0.3 is 0 Å². The van der Waals surface area contributed by atoms with Crippen molar-refractivity contribution in [3.05, 3.63) is 215 Å². The molecule has 4 heterocycles. The Hall–Kier alpha value is -7.80. The molecule has 80 heavy (non-hydrogen) atoms. The number of hydrogen-bond donors (Lipinski definition) is 0. The van der Waals surface area contributed by atoms with Gasteiger partial charge in [0.1, 0.15) is 5.58 Å². The Balaban J connectivity index is 0.994. The average Bonchev–Trinajstić information content (AvgIpc) is 4.40. The van der Waals surface area contributed by atoms with Crippen LogP contribution in [0.25, 0.3) is 43.2 Å². The second-order valence-electron chi connectivity index (χ2n) is 26.3. The molecule has 0 unspecified atom stereocenters. The Labute approximate surface area is 475 Å². The van der Waals surface area contributed by atoms with Crippen LogP contribution in [0.4, 0.5) is 51.2 Å². The number of hydrogen-bond acceptors (Lipinski definition) is 5. The summed E-state index contributed by atoms with van der Waals surface area (Å²) in [5.41, 5.74) is 26.6. The van der Waals surface area contributed by atoms with Gasteiger partial charge in [-0.15, -0.1) is 11.3 Å². The Bertz CT molecular complexity index is 4400. The van der Waals surface area contributed by atoms with Crippen molar-refractivity contribution in [1.82, 2.24) is 0 Å². The van der Waals surface area contributed by atoms with E-state index in [4.69, 9.17) is 4.42 Å². The molecular weight excluding hydrogens is 990 g/mol. The van der Waals surface area contributed by atoms with Crippen molar-refractivity contribution in [2.75, 3.05) is 14.7 Å². The minimum Gasteiger partial charge on any atom is -0.454 e. The predicted molar refractivity (Wildman–Crippen MR) is 341 cm³/mol. The van der Waals surface area contributed by atoms with Crippen LogP contribution >= 0.6 is 11.3 Å². The van der Waals surface area contributed by atoms with Crippen LogP contribution in [0.2, 0.25) is 0 Å². The predicted octanol–water partition coefficient (Wildman–Crippen LogP) is 19.1. The molecule has 16 rings (SSSR count). The average molecular weight is 1060 g/mol. The van der Waals surface area contributed by atoms with E-state index in [0.717, 1.165) is 39.0 Å². The van der Waals surface area contributed by atoms with E-state index in [1.54, 1.807) is 0 Å². The fourth-order valence-electron chi connectivity index (χ4n) is 15.5. The number of furan rings is 1. The van der Waals surface area contributed by atoms with Crippen LogP contribution < -0.4 is 30.4 Å². The highest BCUT2D eigenvalue weighted by molar-refractivity contribution is 7.33. The molecule has 1 fully saturated rings. The third kappa shape index (κ3) is 6.81. The summed E-state index contributed by atoms with van der Waals surface area (Å²) in [6.07, 6.45) is 7.20. The summed E-state index contributed by atoms with van der Waals surface area (Å²) in [4.78, 5) is 7.77. The van der Waals surface area contributed by atoms with Gasteiger partial charge in [-0.2, -0.15) is 0 Å². The summed E-state index contributed by atoms with van der Waals surface area (Å²) in [5, 5.41) is 3.60. The third-order valence-corrected chi connectivity index (χ3v) is 20.8. The minimum absolute atomic E-state index is 0.0105. The van der Waals surface area contributed by atoms with Crippen molar-refractivity contribution < 1.29 is 4.42 Å². The first kappa shape index (κ1) is 48.1. The number of thiophene rings is 1. The Morgan fingerprint density at radius 1 is 0.537 bits per heavy atom. The molecule has 2 aliphatic heterocycles.